The summed E-state index contributed by atoms with van der Waals surface area (Å²) < 4.78 is 22.4. The monoisotopic (exact) mass is 354 g/mol. The number of unbranched alkanes of at least 4 members (excludes halogenated alkanes) is 3. The predicted octanol–water partition coefficient (Wildman–Crippen LogP) is 1.95. The second-order valence-corrected chi connectivity index (χ2v) is 5.64. The summed E-state index contributed by atoms with van der Waals surface area (Å²) in [6.45, 7) is 10.9. The predicted molar refractivity (Wildman–Crippen MR) is 99.7 cm³/mol. The van der Waals surface area contributed by atoms with Crippen molar-refractivity contribution in [3.63, 3.8) is 0 Å². The van der Waals surface area contributed by atoms with Crippen molar-refractivity contribution in [2.45, 2.75) is 72.9 Å². The van der Waals surface area contributed by atoms with Crippen molar-refractivity contribution in [3.05, 3.63) is 23.8 Å². The molecular weight excluding hydrogens is 323 g/mol. The van der Waals surface area contributed by atoms with Gasteiger partial charge in [-0.2, -0.15) is 0 Å². The van der Waals surface area contributed by atoms with Crippen LogP contribution in [0.4, 0.5) is 0 Å². The molecule has 5 heteroatoms. The Hall–Kier alpha value is -1.10. The van der Waals surface area contributed by atoms with Crippen molar-refractivity contribution >= 4 is 0 Å². The number of hydrogen-bond acceptors (Lipinski definition) is 4. The van der Waals surface area contributed by atoms with Crippen LogP contribution in [0.1, 0.15) is 65.9 Å². The zero-order valence-corrected chi connectivity index (χ0v) is 17.2. The number of ether oxygens (including phenoxy) is 4. The van der Waals surface area contributed by atoms with Crippen LogP contribution in [0.2, 0.25) is 0 Å². The van der Waals surface area contributed by atoms with Gasteiger partial charge < -0.3 is 18.9 Å². The van der Waals surface area contributed by atoms with E-state index in [1.807, 2.05) is 39.8 Å². The van der Waals surface area contributed by atoms with Crippen LogP contribution in [0.3, 0.4) is 0 Å². The molecule has 0 spiro atoms. The molecule has 0 saturated carbocycles. The van der Waals surface area contributed by atoms with E-state index in [0.29, 0.717) is 24.7 Å². The summed E-state index contributed by atoms with van der Waals surface area (Å²) in [4.78, 5) is 0. The van der Waals surface area contributed by atoms with Gasteiger partial charge in [-0.25, -0.2) is 0 Å². The molecule has 0 saturated heterocycles. The van der Waals surface area contributed by atoms with E-state index in [0.717, 1.165) is 18.4 Å². The largest absolute Gasteiger partial charge is 1.00 e. The van der Waals surface area contributed by atoms with Gasteiger partial charge in [-0.15, -0.1) is 18.1 Å². The second kappa shape index (κ2) is 15.0. The normalized spacial score (nSPS) is 12.3. The SMILES string of the molecule is CCCCCC#Cc1cc(OC(C)OCC)[c-]c(OC(C)OCC)c1.[Li+]. The Balaban J connectivity index is 0.00000625. The molecule has 0 N–H and O–H groups in total. The Kier molecular flexibility index (Phi) is 14.4. The Morgan fingerprint density at radius 2 is 1.46 bits per heavy atom. The van der Waals surface area contributed by atoms with Gasteiger partial charge >= 0.3 is 18.9 Å². The fourth-order valence-corrected chi connectivity index (χ4v) is 2.24. The van der Waals surface area contributed by atoms with Crippen LogP contribution in [0, 0.1) is 17.9 Å². The van der Waals surface area contributed by atoms with Gasteiger partial charge in [0, 0.05) is 31.1 Å². The molecule has 1 aromatic carbocycles. The van der Waals surface area contributed by atoms with Gasteiger partial charge in [-0.1, -0.05) is 37.3 Å². The van der Waals surface area contributed by atoms with E-state index >= 15 is 0 Å². The summed E-state index contributed by atoms with van der Waals surface area (Å²) in [5.74, 6) is 7.50. The third-order valence-electron chi connectivity index (χ3n) is 3.35. The molecule has 0 radical (unpaired) electrons. The van der Waals surface area contributed by atoms with Crippen LogP contribution in [-0.2, 0) is 9.47 Å². The molecule has 26 heavy (non-hydrogen) atoms. The van der Waals surface area contributed by atoms with Gasteiger partial charge in [-0.3, -0.25) is 0 Å². The maximum atomic E-state index is 5.76. The zero-order chi connectivity index (χ0) is 18.5. The van der Waals surface area contributed by atoms with Crippen LogP contribution in [0.25, 0.3) is 0 Å². The first-order chi connectivity index (χ1) is 12.1. The Morgan fingerprint density at radius 3 is 1.92 bits per heavy atom. The van der Waals surface area contributed by atoms with Gasteiger partial charge in [-0.05, 0) is 34.1 Å². The van der Waals surface area contributed by atoms with Gasteiger partial charge in [0.1, 0.15) is 0 Å². The van der Waals surface area contributed by atoms with Crippen molar-refractivity contribution in [3.8, 4) is 23.3 Å². The molecule has 2 unspecified atom stereocenters. The summed E-state index contributed by atoms with van der Waals surface area (Å²) in [7, 11) is 0. The molecule has 4 nitrogen and oxygen atoms in total. The Bertz CT molecular complexity index is 518. The molecule has 0 fully saturated rings. The second-order valence-electron chi connectivity index (χ2n) is 5.64. The molecule has 1 rings (SSSR count). The molecule has 140 valence electrons. The Morgan fingerprint density at radius 1 is 0.923 bits per heavy atom. The number of benzene rings is 1. The first-order valence-electron chi connectivity index (χ1n) is 9.21. The molecule has 0 aliphatic heterocycles. The van der Waals surface area contributed by atoms with Crippen molar-refractivity contribution < 1.29 is 37.8 Å². The molecule has 0 aliphatic carbocycles. The first kappa shape index (κ1) is 24.9. The molecule has 0 aromatic heterocycles. The minimum Gasteiger partial charge on any atom is -0.491 e. The topological polar surface area (TPSA) is 36.9 Å². The van der Waals surface area contributed by atoms with E-state index in [1.165, 1.54) is 12.8 Å². The van der Waals surface area contributed by atoms with Crippen LogP contribution in [0.15, 0.2) is 12.1 Å². The number of hydrogen-bond donors (Lipinski definition) is 0. The van der Waals surface area contributed by atoms with Crippen LogP contribution >= 0.6 is 0 Å². The van der Waals surface area contributed by atoms with E-state index in [2.05, 4.69) is 24.8 Å². The summed E-state index contributed by atoms with van der Waals surface area (Å²) in [5, 5.41) is 0. The molecule has 0 heterocycles. The van der Waals surface area contributed by atoms with Crippen LogP contribution in [0.5, 0.6) is 11.5 Å². The fraction of sp³-hybridized carbons (Fsp3) is 0.619. The molecule has 0 aliphatic rings. The van der Waals surface area contributed by atoms with Gasteiger partial charge in [0.15, 0.2) is 12.6 Å². The summed E-state index contributed by atoms with van der Waals surface area (Å²) in [6, 6.07) is 6.83. The average Bonchev–Trinajstić information content (AvgIpc) is 2.54. The zero-order valence-electron chi connectivity index (χ0n) is 17.2. The van der Waals surface area contributed by atoms with Gasteiger partial charge in [0.05, 0.1) is 0 Å². The van der Waals surface area contributed by atoms with Crippen LogP contribution < -0.4 is 28.3 Å². The smallest absolute Gasteiger partial charge is 0.491 e. The molecule has 0 amide bonds. The first-order valence-corrected chi connectivity index (χ1v) is 9.21. The summed E-state index contributed by atoms with van der Waals surface area (Å²) in [5.41, 5.74) is 0.840. The molecular formula is C21H31LiO4. The maximum absolute atomic E-state index is 5.76. The summed E-state index contributed by atoms with van der Waals surface area (Å²) in [6.07, 6.45) is 3.71. The molecule has 2 atom stereocenters. The van der Waals surface area contributed by atoms with E-state index in [9.17, 15) is 0 Å². The summed E-state index contributed by atoms with van der Waals surface area (Å²) >= 11 is 0. The standard InChI is InChI=1S/C21H31O4.Li/c1-6-9-10-11-12-13-19-14-20(24-17(4)22-7-2)16-21(15-19)25-18(5)23-8-3;/h14-15,17-18H,6-11H2,1-5H3;/q-1;+1. The van der Waals surface area contributed by atoms with Crippen molar-refractivity contribution in [1.29, 1.82) is 0 Å². The van der Waals surface area contributed by atoms with E-state index in [4.69, 9.17) is 18.9 Å². The third kappa shape index (κ3) is 10.8. The Labute approximate surface area is 171 Å². The fourth-order valence-electron chi connectivity index (χ4n) is 2.24. The van der Waals surface area contributed by atoms with Gasteiger partial charge in [0.2, 0.25) is 0 Å². The van der Waals surface area contributed by atoms with E-state index in [1.54, 1.807) is 0 Å². The van der Waals surface area contributed by atoms with Crippen molar-refractivity contribution in [2.24, 2.45) is 0 Å². The average molecular weight is 354 g/mol. The maximum Gasteiger partial charge on any atom is 1.00 e. The quantitative estimate of drug-likeness (QED) is 0.200. The minimum atomic E-state index is -0.355. The van der Waals surface area contributed by atoms with E-state index < -0.39 is 0 Å². The third-order valence-corrected chi connectivity index (χ3v) is 3.35. The van der Waals surface area contributed by atoms with Crippen molar-refractivity contribution in [2.75, 3.05) is 13.2 Å². The molecule has 0 bridgehead atoms. The van der Waals surface area contributed by atoms with Crippen molar-refractivity contribution in [1.82, 2.24) is 0 Å². The number of rotatable bonds is 11. The van der Waals surface area contributed by atoms with Gasteiger partial charge in [0.25, 0.3) is 0 Å². The van der Waals surface area contributed by atoms with Crippen LogP contribution in [-0.4, -0.2) is 25.8 Å². The van der Waals surface area contributed by atoms with E-state index in [-0.39, 0.29) is 31.4 Å². The molecule has 1 aromatic rings. The minimum absolute atomic E-state index is 0.